The van der Waals surface area contributed by atoms with E-state index in [-0.39, 0.29) is 17.6 Å². The molecule has 0 bridgehead atoms. The fraction of sp³-hybridized carbons (Fsp3) is 0.500. The summed E-state index contributed by atoms with van der Waals surface area (Å²) in [6.07, 6.45) is 1.32. The second-order valence-corrected chi connectivity index (χ2v) is 6.26. The van der Waals surface area contributed by atoms with Crippen molar-refractivity contribution in [2.75, 3.05) is 67.8 Å². The van der Waals surface area contributed by atoms with Gasteiger partial charge in [0.25, 0.3) is 0 Å². The number of hydrazone groups is 1. The third kappa shape index (κ3) is 4.75. The first-order valence-electron chi connectivity index (χ1n) is 9.14. The molecular formula is C16H20N8O5. The zero-order valence-corrected chi connectivity index (χ0v) is 15.6. The van der Waals surface area contributed by atoms with Crippen molar-refractivity contribution >= 4 is 29.9 Å². The standard InChI is InChI=1S/C16H20N8O5/c25-24(26)13-2-1-12(29-13)11-17-21-14-18-15(22-3-7-27-8-4-22)20-16(19-14)23-5-9-28-10-6-23/h1-2,11H,3-10H2,(H,18,19,20,21)/b17-11-. The Hall–Kier alpha value is -3.32. The number of nitrogens with zero attached hydrogens (tertiary/aromatic N) is 7. The molecule has 29 heavy (non-hydrogen) atoms. The van der Waals surface area contributed by atoms with E-state index in [0.717, 1.165) is 0 Å². The number of nitro groups is 1. The molecule has 0 aromatic carbocycles. The van der Waals surface area contributed by atoms with Crippen molar-refractivity contribution < 1.29 is 18.8 Å². The number of furan rings is 1. The van der Waals surface area contributed by atoms with Gasteiger partial charge in [0.2, 0.25) is 17.8 Å². The van der Waals surface area contributed by atoms with E-state index in [1.165, 1.54) is 18.3 Å². The van der Waals surface area contributed by atoms with Crippen molar-refractivity contribution in [2.24, 2.45) is 5.10 Å². The Morgan fingerprint density at radius 2 is 1.59 bits per heavy atom. The first-order valence-corrected chi connectivity index (χ1v) is 9.14. The maximum atomic E-state index is 10.7. The molecule has 2 aromatic heterocycles. The molecule has 2 fully saturated rings. The van der Waals surface area contributed by atoms with Gasteiger partial charge in [-0.25, -0.2) is 5.43 Å². The van der Waals surface area contributed by atoms with E-state index in [0.29, 0.717) is 64.5 Å². The van der Waals surface area contributed by atoms with Gasteiger partial charge in [-0.1, -0.05) is 0 Å². The molecule has 13 heteroatoms. The number of morpholine rings is 2. The molecule has 0 unspecified atom stereocenters. The lowest BCUT2D eigenvalue weighted by Gasteiger charge is -2.30. The van der Waals surface area contributed by atoms with Crippen LogP contribution < -0.4 is 15.2 Å². The number of ether oxygens (including phenoxy) is 2. The van der Waals surface area contributed by atoms with Gasteiger partial charge < -0.3 is 23.7 Å². The number of anilines is 3. The molecule has 2 aliphatic rings. The lowest BCUT2D eigenvalue weighted by atomic mass is 10.4. The normalized spacial score (nSPS) is 17.7. The van der Waals surface area contributed by atoms with Crippen molar-refractivity contribution in [3.8, 4) is 0 Å². The van der Waals surface area contributed by atoms with Crippen LogP contribution in [-0.4, -0.2) is 78.7 Å². The molecule has 1 N–H and O–H groups in total. The first kappa shape index (κ1) is 19.0. The van der Waals surface area contributed by atoms with E-state index in [4.69, 9.17) is 13.9 Å². The predicted molar refractivity (Wildman–Crippen MR) is 102 cm³/mol. The summed E-state index contributed by atoms with van der Waals surface area (Å²) in [5, 5.41) is 14.7. The molecular weight excluding hydrogens is 384 g/mol. The highest BCUT2D eigenvalue weighted by atomic mass is 16.6. The molecule has 0 radical (unpaired) electrons. The predicted octanol–water partition coefficient (Wildman–Crippen LogP) is 0.492. The Morgan fingerprint density at radius 3 is 2.10 bits per heavy atom. The van der Waals surface area contributed by atoms with E-state index in [9.17, 15) is 10.1 Å². The lowest BCUT2D eigenvalue weighted by Crippen LogP contribution is -2.40. The lowest BCUT2D eigenvalue weighted by molar-refractivity contribution is -0.402. The molecule has 13 nitrogen and oxygen atoms in total. The van der Waals surface area contributed by atoms with Crippen LogP contribution >= 0.6 is 0 Å². The van der Waals surface area contributed by atoms with Crippen LogP contribution in [0.15, 0.2) is 21.7 Å². The third-order valence-electron chi connectivity index (χ3n) is 4.35. The third-order valence-corrected chi connectivity index (χ3v) is 4.35. The number of hydrogen-bond acceptors (Lipinski definition) is 12. The van der Waals surface area contributed by atoms with Crippen LogP contribution in [-0.2, 0) is 9.47 Å². The van der Waals surface area contributed by atoms with E-state index in [2.05, 4.69) is 25.5 Å². The fourth-order valence-electron chi connectivity index (χ4n) is 2.88. The number of hydrogen-bond donors (Lipinski definition) is 1. The quantitative estimate of drug-likeness (QED) is 0.408. The minimum atomic E-state index is -0.611. The Labute approximate surface area is 165 Å². The highest BCUT2D eigenvalue weighted by molar-refractivity contribution is 5.76. The maximum Gasteiger partial charge on any atom is 0.433 e. The van der Waals surface area contributed by atoms with Crippen molar-refractivity contribution in [3.05, 3.63) is 28.0 Å². The van der Waals surface area contributed by atoms with Gasteiger partial charge in [-0.15, -0.1) is 0 Å². The molecule has 2 saturated heterocycles. The Balaban J connectivity index is 1.53. The van der Waals surface area contributed by atoms with Gasteiger partial charge >= 0.3 is 5.88 Å². The fourth-order valence-corrected chi connectivity index (χ4v) is 2.88. The maximum absolute atomic E-state index is 10.7. The summed E-state index contributed by atoms with van der Waals surface area (Å²) in [6, 6.07) is 2.71. The van der Waals surface area contributed by atoms with Gasteiger partial charge in [0, 0.05) is 26.2 Å². The van der Waals surface area contributed by atoms with Gasteiger partial charge in [0.15, 0.2) is 5.76 Å². The Morgan fingerprint density at radius 1 is 1.00 bits per heavy atom. The molecule has 0 spiro atoms. The zero-order chi connectivity index (χ0) is 20.1. The number of nitrogens with one attached hydrogen (secondary N) is 1. The summed E-state index contributed by atoms with van der Waals surface area (Å²) in [5.74, 6) is 1.23. The minimum absolute atomic E-state index is 0.236. The Kier molecular flexibility index (Phi) is 5.76. The van der Waals surface area contributed by atoms with Gasteiger partial charge in [0.05, 0.1) is 38.7 Å². The summed E-state index contributed by atoms with van der Waals surface area (Å²) < 4.78 is 15.8. The summed E-state index contributed by atoms with van der Waals surface area (Å²) in [4.78, 5) is 27.6. The molecule has 4 heterocycles. The van der Waals surface area contributed by atoms with Crippen molar-refractivity contribution in [1.82, 2.24) is 15.0 Å². The average molecular weight is 404 g/mol. The van der Waals surface area contributed by atoms with Gasteiger partial charge in [-0.05, 0) is 6.07 Å². The van der Waals surface area contributed by atoms with Crippen LogP contribution in [0.2, 0.25) is 0 Å². The second-order valence-electron chi connectivity index (χ2n) is 6.26. The minimum Gasteiger partial charge on any atom is -0.400 e. The van der Waals surface area contributed by atoms with Crippen molar-refractivity contribution in [1.29, 1.82) is 0 Å². The van der Waals surface area contributed by atoms with Crippen LogP contribution in [0.5, 0.6) is 0 Å². The van der Waals surface area contributed by atoms with Crippen LogP contribution in [0, 0.1) is 10.1 Å². The monoisotopic (exact) mass is 404 g/mol. The van der Waals surface area contributed by atoms with E-state index < -0.39 is 4.92 Å². The van der Waals surface area contributed by atoms with Gasteiger partial charge in [0.1, 0.15) is 4.92 Å². The SMILES string of the molecule is O=[N+]([O-])c1ccc(/C=N\Nc2nc(N3CCOCC3)nc(N3CCOCC3)n2)o1. The van der Waals surface area contributed by atoms with Crippen molar-refractivity contribution in [3.63, 3.8) is 0 Å². The smallest absolute Gasteiger partial charge is 0.400 e. The topological polar surface area (TPSA) is 144 Å². The molecule has 2 aromatic rings. The summed E-state index contributed by atoms with van der Waals surface area (Å²) in [7, 11) is 0. The molecule has 2 aliphatic heterocycles. The van der Waals surface area contributed by atoms with Gasteiger partial charge in [-0.2, -0.15) is 20.1 Å². The van der Waals surface area contributed by atoms with E-state index >= 15 is 0 Å². The van der Waals surface area contributed by atoms with Crippen LogP contribution in [0.4, 0.5) is 23.7 Å². The zero-order valence-electron chi connectivity index (χ0n) is 15.6. The molecule has 0 amide bonds. The average Bonchev–Trinajstić information content (AvgIpc) is 3.24. The second kappa shape index (κ2) is 8.79. The van der Waals surface area contributed by atoms with Crippen LogP contribution in [0.1, 0.15) is 5.76 Å². The van der Waals surface area contributed by atoms with Crippen LogP contribution in [0.3, 0.4) is 0 Å². The molecule has 0 saturated carbocycles. The Bertz CT molecular complexity index is 840. The first-order chi connectivity index (χ1) is 14.2. The van der Waals surface area contributed by atoms with Gasteiger partial charge in [-0.3, -0.25) is 10.1 Å². The van der Waals surface area contributed by atoms with Crippen molar-refractivity contribution in [2.45, 2.75) is 0 Å². The van der Waals surface area contributed by atoms with E-state index in [1.54, 1.807) is 0 Å². The molecule has 0 atom stereocenters. The largest absolute Gasteiger partial charge is 0.433 e. The highest BCUT2D eigenvalue weighted by Gasteiger charge is 2.20. The van der Waals surface area contributed by atoms with E-state index in [1.807, 2.05) is 9.80 Å². The number of aromatic nitrogens is 3. The summed E-state index contributed by atoms with van der Waals surface area (Å²) in [5.41, 5.74) is 2.75. The molecule has 0 aliphatic carbocycles. The molecule has 4 rings (SSSR count). The molecule has 154 valence electrons. The van der Waals surface area contributed by atoms with Crippen LogP contribution in [0.25, 0.3) is 0 Å². The summed E-state index contributed by atoms with van der Waals surface area (Å²) in [6.45, 7) is 5.17. The highest BCUT2D eigenvalue weighted by Crippen LogP contribution is 2.19. The number of rotatable bonds is 6. The summed E-state index contributed by atoms with van der Waals surface area (Å²) >= 11 is 0.